The molecule has 0 aliphatic carbocycles. The number of ether oxygens (including phenoxy) is 2. The van der Waals surface area contributed by atoms with Crippen molar-refractivity contribution in [3.8, 4) is 11.5 Å². The molecule has 0 bridgehead atoms. The number of hydrogen-bond acceptors (Lipinski definition) is 2. The summed E-state index contributed by atoms with van der Waals surface area (Å²) in [6.45, 7) is 5.62. The van der Waals surface area contributed by atoms with Crippen LogP contribution in [0.2, 0.25) is 0 Å². The molecule has 0 heterocycles. The first-order valence-electron chi connectivity index (χ1n) is 6.85. The fraction of sp³-hybridized carbons (Fsp3) is 0.375. The fourth-order valence-electron chi connectivity index (χ4n) is 2.00. The van der Waals surface area contributed by atoms with Crippen molar-refractivity contribution in [3.05, 3.63) is 33.2 Å². The standard InChI is InChI=1S/C16H18Br2O2/c1-3-9-19-15-11-5-8-14(18)16(20-10-4-2)12(11)6-7-13(15)17/h5-8H,3-4,9-10H2,1-2H3. The molecule has 0 radical (unpaired) electrons. The second-order valence-corrected chi connectivity index (χ2v) is 6.25. The number of halogens is 2. The molecule has 0 amide bonds. The summed E-state index contributed by atoms with van der Waals surface area (Å²) >= 11 is 7.13. The number of fused-ring (bicyclic) bond motifs is 1. The number of rotatable bonds is 6. The zero-order valence-electron chi connectivity index (χ0n) is 11.7. The average Bonchev–Trinajstić information content (AvgIpc) is 2.45. The van der Waals surface area contributed by atoms with Gasteiger partial charge in [-0.1, -0.05) is 13.8 Å². The molecular formula is C16H18Br2O2. The van der Waals surface area contributed by atoms with E-state index in [4.69, 9.17) is 9.47 Å². The van der Waals surface area contributed by atoms with Gasteiger partial charge in [-0.15, -0.1) is 0 Å². The summed E-state index contributed by atoms with van der Waals surface area (Å²) < 4.78 is 13.7. The van der Waals surface area contributed by atoms with E-state index in [0.29, 0.717) is 13.2 Å². The molecule has 20 heavy (non-hydrogen) atoms. The summed E-state index contributed by atoms with van der Waals surface area (Å²) in [5, 5.41) is 2.14. The Kier molecular flexibility index (Phi) is 5.73. The molecule has 108 valence electrons. The van der Waals surface area contributed by atoms with Crippen molar-refractivity contribution < 1.29 is 9.47 Å². The van der Waals surface area contributed by atoms with Gasteiger partial charge in [0.25, 0.3) is 0 Å². The lowest BCUT2D eigenvalue weighted by molar-refractivity contribution is 0.316. The zero-order valence-corrected chi connectivity index (χ0v) is 14.9. The highest BCUT2D eigenvalue weighted by Gasteiger charge is 2.13. The van der Waals surface area contributed by atoms with Gasteiger partial charge in [0.15, 0.2) is 0 Å². The third kappa shape index (κ3) is 3.29. The third-order valence-electron chi connectivity index (χ3n) is 2.91. The average molecular weight is 402 g/mol. The Morgan fingerprint density at radius 3 is 1.50 bits per heavy atom. The van der Waals surface area contributed by atoms with Crippen molar-refractivity contribution in [3.63, 3.8) is 0 Å². The quantitative estimate of drug-likeness (QED) is 0.595. The van der Waals surface area contributed by atoms with Crippen molar-refractivity contribution in [1.29, 1.82) is 0 Å². The molecule has 0 aliphatic rings. The first-order valence-corrected chi connectivity index (χ1v) is 8.44. The molecule has 2 aromatic rings. The molecule has 0 atom stereocenters. The van der Waals surface area contributed by atoms with E-state index in [9.17, 15) is 0 Å². The first-order chi connectivity index (χ1) is 9.69. The van der Waals surface area contributed by atoms with E-state index in [2.05, 4.69) is 57.8 Å². The molecule has 0 aliphatic heterocycles. The summed E-state index contributed by atoms with van der Waals surface area (Å²) in [5.74, 6) is 1.77. The fourth-order valence-corrected chi connectivity index (χ4v) is 2.92. The molecule has 2 rings (SSSR count). The van der Waals surface area contributed by atoms with E-state index < -0.39 is 0 Å². The molecule has 0 saturated heterocycles. The van der Waals surface area contributed by atoms with Gasteiger partial charge in [-0.3, -0.25) is 0 Å². The highest BCUT2D eigenvalue weighted by Crippen LogP contribution is 2.41. The Balaban J connectivity index is 2.55. The van der Waals surface area contributed by atoms with Crippen LogP contribution in [0.25, 0.3) is 10.8 Å². The Morgan fingerprint density at radius 1 is 0.750 bits per heavy atom. The molecule has 0 saturated carbocycles. The number of hydrogen-bond donors (Lipinski definition) is 0. The van der Waals surface area contributed by atoms with Crippen molar-refractivity contribution in [1.82, 2.24) is 0 Å². The molecule has 0 aromatic heterocycles. The molecular weight excluding hydrogens is 384 g/mol. The van der Waals surface area contributed by atoms with Gasteiger partial charge in [0, 0.05) is 10.8 Å². The lowest BCUT2D eigenvalue weighted by atomic mass is 10.1. The number of benzene rings is 2. The molecule has 0 fully saturated rings. The van der Waals surface area contributed by atoms with E-state index in [1.165, 1.54) is 0 Å². The zero-order chi connectivity index (χ0) is 14.5. The molecule has 0 unspecified atom stereocenters. The van der Waals surface area contributed by atoms with Crippen LogP contribution in [0.5, 0.6) is 11.5 Å². The maximum absolute atomic E-state index is 5.88. The predicted molar refractivity (Wildman–Crippen MR) is 90.9 cm³/mol. The van der Waals surface area contributed by atoms with Gasteiger partial charge in [-0.05, 0) is 69.0 Å². The summed E-state index contributed by atoms with van der Waals surface area (Å²) in [5.41, 5.74) is 0. The highest BCUT2D eigenvalue weighted by atomic mass is 79.9. The van der Waals surface area contributed by atoms with Crippen molar-refractivity contribution in [2.75, 3.05) is 13.2 Å². The SMILES string of the molecule is CCCOc1c(Br)ccc2c(OCCC)c(Br)ccc12. The molecule has 4 heteroatoms. The Hall–Kier alpha value is -0.740. The van der Waals surface area contributed by atoms with E-state index in [0.717, 1.165) is 44.1 Å². The Bertz CT molecular complexity index is 543. The lowest BCUT2D eigenvalue weighted by Gasteiger charge is -2.15. The van der Waals surface area contributed by atoms with Gasteiger partial charge in [-0.25, -0.2) is 0 Å². The van der Waals surface area contributed by atoms with Crippen LogP contribution in [0.4, 0.5) is 0 Å². The van der Waals surface area contributed by atoms with Gasteiger partial charge in [0.05, 0.1) is 22.2 Å². The smallest absolute Gasteiger partial charge is 0.141 e. The van der Waals surface area contributed by atoms with Crippen LogP contribution in [-0.2, 0) is 0 Å². The van der Waals surface area contributed by atoms with Gasteiger partial charge in [0.2, 0.25) is 0 Å². The van der Waals surface area contributed by atoms with Crippen LogP contribution in [-0.4, -0.2) is 13.2 Å². The van der Waals surface area contributed by atoms with Gasteiger partial charge in [-0.2, -0.15) is 0 Å². The van der Waals surface area contributed by atoms with Crippen LogP contribution in [0.1, 0.15) is 26.7 Å². The van der Waals surface area contributed by atoms with Gasteiger partial charge in [0.1, 0.15) is 11.5 Å². The Morgan fingerprint density at radius 2 is 1.15 bits per heavy atom. The van der Waals surface area contributed by atoms with Crippen molar-refractivity contribution in [2.45, 2.75) is 26.7 Å². The Labute approximate surface area is 136 Å². The normalized spacial score (nSPS) is 10.8. The lowest BCUT2D eigenvalue weighted by Crippen LogP contribution is -1.99. The minimum atomic E-state index is 0.707. The minimum absolute atomic E-state index is 0.707. The molecule has 2 nitrogen and oxygen atoms in total. The van der Waals surface area contributed by atoms with Crippen LogP contribution in [0.3, 0.4) is 0 Å². The predicted octanol–water partition coefficient (Wildman–Crippen LogP) is 5.94. The topological polar surface area (TPSA) is 18.5 Å². The maximum Gasteiger partial charge on any atom is 0.141 e. The largest absolute Gasteiger partial charge is 0.492 e. The van der Waals surface area contributed by atoms with E-state index in [1.807, 2.05) is 12.1 Å². The van der Waals surface area contributed by atoms with Crippen molar-refractivity contribution >= 4 is 42.6 Å². The monoisotopic (exact) mass is 400 g/mol. The molecule has 0 N–H and O–H groups in total. The second-order valence-electron chi connectivity index (χ2n) is 4.55. The highest BCUT2D eigenvalue weighted by molar-refractivity contribution is 9.11. The second kappa shape index (κ2) is 7.32. The van der Waals surface area contributed by atoms with E-state index in [-0.39, 0.29) is 0 Å². The summed E-state index contributed by atoms with van der Waals surface area (Å²) in [6.07, 6.45) is 1.97. The maximum atomic E-state index is 5.88. The van der Waals surface area contributed by atoms with Gasteiger partial charge >= 0.3 is 0 Å². The molecule has 2 aromatic carbocycles. The summed E-state index contributed by atoms with van der Waals surface area (Å²) in [7, 11) is 0. The van der Waals surface area contributed by atoms with Crippen LogP contribution < -0.4 is 9.47 Å². The van der Waals surface area contributed by atoms with Crippen molar-refractivity contribution in [2.24, 2.45) is 0 Å². The van der Waals surface area contributed by atoms with Crippen LogP contribution in [0.15, 0.2) is 33.2 Å². The van der Waals surface area contributed by atoms with Crippen LogP contribution in [0, 0.1) is 0 Å². The summed E-state index contributed by atoms with van der Waals surface area (Å²) in [4.78, 5) is 0. The van der Waals surface area contributed by atoms with Gasteiger partial charge < -0.3 is 9.47 Å². The first kappa shape index (κ1) is 15.6. The third-order valence-corrected chi connectivity index (χ3v) is 4.16. The summed E-state index contributed by atoms with van der Waals surface area (Å²) in [6, 6.07) is 8.15. The van der Waals surface area contributed by atoms with E-state index >= 15 is 0 Å². The minimum Gasteiger partial charge on any atom is -0.492 e. The van der Waals surface area contributed by atoms with E-state index in [1.54, 1.807) is 0 Å². The van der Waals surface area contributed by atoms with Crippen LogP contribution >= 0.6 is 31.9 Å². The molecule has 0 spiro atoms.